The molecule has 0 aliphatic heterocycles. The first-order valence-electron chi connectivity index (χ1n) is 14.6. The Morgan fingerprint density at radius 2 is 1.50 bits per heavy atom. The molecule has 1 N–H and O–H groups in total. The second-order valence-corrected chi connectivity index (χ2v) is 14.7. The van der Waals surface area contributed by atoms with Crippen molar-refractivity contribution in [1.29, 1.82) is 0 Å². The van der Waals surface area contributed by atoms with E-state index in [1.54, 1.807) is 18.2 Å². The maximum atomic E-state index is 15.1. The first kappa shape index (κ1) is 34.9. The smallest absolute Gasteiger partial charge is 0.264 e. The van der Waals surface area contributed by atoms with Gasteiger partial charge in [-0.05, 0) is 69.7 Å². The number of rotatable bonds is 11. The number of aryl methyl sites for hydroxylation is 1. The number of carbonyl (C=O) groups excluding carboxylic acids is 2. The molecule has 1 atom stereocenters. The quantitative estimate of drug-likeness (QED) is 0.181. The minimum atomic E-state index is -4.33. The monoisotopic (exact) mass is 683 g/mol. The van der Waals surface area contributed by atoms with Gasteiger partial charge < -0.3 is 10.2 Å². The molecule has 2 amide bonds. The summed E-state index contributed by atoms with van der Waals surface area (Å²) in [5.74, 6) is -1.76. The number of benzene rings is 4. The number of sulfonamides is 1. The highest BCUT2D eigenvalue weighted by atomic mass is 35.5. The van der Waals surface area contributed by atoms with Crippen LogP contribution in [0, 0.1) is 12.7 Å². The van der Waals surface area contributed by atoms with Crippen LogP contribution >= 0.6 is 23.2 Å². The van der Waals surface area contributed by atoms with Gasteiger partial charge in [0.25, 0.3) is 10.0 Å². The number of hydrogen-bond acceptors (Lipinski definition) is 4. The third-order valence-corrected chi connectivity index (χ3v) is 9.67. The van der Waals surface area contributed by atoms with E-state index in [0.29, 0.717) is 0 Å². The molecular formula is C35H36Cl2FN3O4S. The van der Waals surface area contributed by atoms with E-state index >= 15 is 4.39 Å². The Morgan fingerprint density at radius 1 is 0.870 bits per heavy atom. The maximum absolute atomic E-state index is 15.1. The molecule has 0 aliphatic rings. The Morgan fingerprint density at radius 3 is 2.11 bits per heavy atom. The standard InChI is InChI=1S/C35H36Cl2FN3O4S/c1-24-14-17-28(18-15-24)46(44,45)41(27-16-19-29(36)30(37)21-27)23-33(42)40(22-26-12-8-9-13-31(26)38)32(34(43)39-35(2,3)4)20-25-10-6-5-7-11-25/h5-19,21,32H,20,22-23H2,1-4H3,(H,39,43)/t32-/m0/s1. The lowest BCUT2D eigenvalue weighted by Gasteiger charge is -2.35. The van der Waals surface area contributed by atoms with Crippen molar-refractivity contribution in [2.75, 3.05) is 10.8 Å². The van der Waals surface area contributed by atoms with Gasteiger partial charge in [-0.15, -0.1) is 0 Å². The summed E-state index contributed by atoms with van der Waals surface area (Å²) in [4.78, 5) is 29.6. The van der Waals surface area contributed by atoms with Gasteiger partial charge >= 0.3 is 0 Å². The Labute approximate surface area is 280 Å². The molecule has 242 valence electrons. The molecule has 0 aromatic heterocycles. The predicted octanol–water partition coefficient (Wildman–Crippen LogP) is 7.19. The van der Waals surface area contributed by atoms with Gasteiger partial charge in [0.15, 0.2) is 0 Å². The maximum Gasteiger partial charge on any atom is 0.264 e. The Kier molecular flexibility index (Phi) is 11.1. The molecule has 0 spiro atoms. The molecule has 7 nitrogen and oxygen atoms in total. The molecule has 4 rings (SSSR count). The lowest BCUT2D eigenvalue weighted by atomic mass is 10.0. The van der Waals surface area contributed by atoms with Crippen molar-refractivity contribution in [3.05, 3.63) is 130 Å². The van der Waals surface area contributed by atoms with Crippen molar-refractivity contribution >= 4 is 50.7 Å². The van der Waals surface area contributed by atoms with Gasteiger partial charge in [-0.25, -0.2) is 12.8 Å². The number of nitrogens with zero attached hydrogens (tertiary/aromatic N) is 2. The molecule has 4 aromatic carbocycles. The van der Waals surface area contributed by atoms with Crippen LogP contribution in [0.3, 0.4) is 0 Å². The van der Waals surface area contributed by atoms with Gasteiger partial charge in [-0.2, -0.15) is 0 Å². The van der Waals surface area contributed by atoms with Gasteiger partial charge in [-0.3, -0.25) is 13.9 Å². The lowest BCUT2D eigenvalue weighted by Crippen LogP contribution is -2.56. The fourth-order valence-electron chi connectivity index (χ4n) is 4.82. The second-order valence-electron chi connectivity index (χ2n) is 12.0. The molecule has 11 heteroatoms. The third kappa shape index (κ3) is 8.87. The van der Waals surface area contributed by atoms with E-state index in [1.165, 1.54) is 53.4 Å². The van der Waals surface area contributed by atoms with Gasteiger partial charge in [0.05, 0.1) is 20.6 Å². The van der Waals surface area contributed by atoms with Crippen molar-refractivity contribution in [3.8, 4) is 0 Å². The van der Waals surface area contributed by atoms with Crippen molar-refractivity contribution in [2.45, 2.75) is 57.1 Å². The Hall–Kier alpha value is -3.92. The van der Waals surface area contributed by atoms with E-state index in [0.717, 1.165) is 15.4 Å². The average Bonchev–Trinajstić information content (AvgIpc) is 2.99. The van der Waals surface area contributed by atoms with E-state index in [1.807, 2.05) is 58.0 Å². The van der Waals surface area contributed by atoms with Crippen molar-refractivity contribution in [3.63, 3.8) is 0 Å². The largest absolute Gasteiger partial charge is 0.350 e. The number of anilines is 1. The van der Waals surface area contributed by atoms with Gasteiger partial charge in [-0.1, -0.05) is 89.4 Å². The second kappa shape index (κ2) is 14.7. The number of carbonyl (C=O) groups is 2. The Balaban J connectivity index is 1.84. The highest BCUT2D eigenvalue weighted by Gasteiger charge is 2.36. The van der Waals surface area contributed by atoms with Crippen LogP contribution < -0.4 is 9.62 Å². The van der Waals surface area contributed by atoms with E-state index in [9.17, 15) is 18.0 Å². The van der Waals surface area contributed by atoms with E-state index < -0.39 is 45.8 Å². The van der Waals surface area contributed by atoms with Crippen LogP contribution in [0.15, 0.2) is 102 Å². The van der Waals surface area contributed by atoms with Crippen LogP contribution in [0.25, 0.3) is 0 Å². The summed E-state index contributed by atoms with van der Waals surface area (Å²) < 4.78 is 44.3. The molecule has 0 bridgehead atoms. The molecule has 0 heterocycles. The first-order valence-corrected chi connectivity index (χ1v) is 16.8. The molecule has 0 radical (unpaired) electrons. The van der Waals surface area contributed by atoms with Crippen LogP contribution in [0.4, 0.5) is 10.1 Å². The fraction of sp³-hybridized carbons (Fsp3) is 0.257. The molecule has 46 heavy (non-hydrogen) atoms. The summed E-state index contributed by atoms with van der Waals surface area (Å²) in [5.41, 5.74) is 1.21. The van der Waals surface area contributed by atoms with Crippen molar-refractivity contribution < 1.29 is 22.4 Å². The van der Waals surface area contributed by atoms with Crippen LogP contribution in [0.1, 0.15) is 37.5 Å². The molecule has 0 unspecified atom stereocenters. The highest BCUT2D eigenvalue weighted by molar-refractivity contribution is 7.92. The fourth-order valence-corrected chi connectivity index (χ4v) is 6.52. The van der Waals surface area contributed by atoms with Gasteiger partial charge in [0.1, 0.15) is 18.4 Å². The summed E-state index contributed by atoms with van der Waals surface area (Å²) in [5, 5.41) is 3.23. The minimum Gasteiger partial charge on any atom is -0.350 e. The molecule has 0 saturated carbocycles. The third-order valence-electron chi connectivity index (χ3n) is 7.15. The summed E-state index contributed by atoms with van der Waals surface area (Å²) in [6.07, 6.45) is 0.0976. The number of amides is 2. The topological polar surface area (TPSA) is 86.8 Å². The zero-order valence-electron chi connectivity index (χ0n) is 26.0. The molecule has 4 aromatic rings. The normalized spacial score (nSPS) is 12.3. The van der Waals surface area contributed by atoms with E-state index in [-0.39, 0.29) is 39.2 Å². The van der Waals surface area contributed by atoms with Crippen LogP contribution in [-0.2, 0) is 32.6 Å². The SMILES string of the molecule is Cc1ccc(S(=O)(=O)N(CC(=O)N(Cc2ccccc2F)[C@@H](Cc2ccccc2)C(=O)NC(C)(C)C)c2ccc(Cl)c(Cl)c2)cc1. The highest BCUT2D eigenvalue weighted by Crippen LogP contribution is 2.31. The Bertz CT molecular complexity index is 1800. The minimum absolute atomic E-state index is 0.0519. The van der Waals surface area contributed by atoms with Crippen LogP contribution in [-0.4, -0.2) is 43.3 Å². The van der Waals surface area contributed by atoms with Crippen molar-refractivity contribution in [1.82, 2.24) is 10.2 Å². The summed E-state index contributed by atoms with van der Waals surface area (Å²) >= 11 is 12.4. The lowest BCUT2D eigenvalue weighted by molar-refractivity contribution is -0.140. The zero-order valence-corrected chi connectivity index (χ0v) is 28.3. The van der Waals surface area contributed by atoms with Crippen molar-refractivity contribution in [2.24, 2.45) is 0 Å². The molecule has 0 fully saturated rings. The van der Waals surface area contributed by atoms with Crippen LogP contribution in [0.5, 0.6) is 0 Å². The molecular weight excluding hydrogens is 648 g/mol. The summed E-state index contributed by atoms with van der Waals surface area (Å²) in [7, 11) is -4.33. The summed E-state index contributed by atoms with van der Waals surface area (Å²) in [6, 6.07) is 24.4. The van der Waals surface area contributed by atoms with Gasteiger partial charge in [0, 0.05) is 24.1 Å². The van der Waals surface area contributed by atoms with E-state index in [2.05, 4.69) is 5.32 Å². The van der Waals surface area contributed by atoms with E-state index in [4.69, 9.17) is 23.2 Å². The van der Waals surface area contributed by atoms with Crippen LogP contribution in [0.2, 0.25) is 10.0 Å². The molecule has 0 aliphatic carbocycles. The first-order chi connectivity index (χ1) is 21.7. The zero-order chi connectivity index (χ0) is 33.6. The number of halogens is 3. The number of nitrogens with one attached hydrogen (secondary N) is 1. The van der Waals surface area contributed by atoms with Gasteiger partial charge in [0.2, 0.25) is 11.8 Å². The average molecular weight is 685 g/mol. The summed E-state index contributed by atoms with van der Waals surface area (Å²) in [6.45, 7) is 6.26. The number of hydrogen-bond donors (Lipinski definition) is 1. The molecule has 0 saturated heterocycles. The predicted molar refractivity (Wildman–Crippen MR) is 181 cm³/mol.